The third-order valence-electron chi connectivity index (χ3n) is 5.08. The van der Waals surface area contributed by atoms with Crippen molar-refractivity contribution in [3.05, 3.63) is 18.1 Å². The summed E-state index contributed by atoms with van der Waals surface area (Å²) >= 11 is 0. The van der Waals surface area contributed by atoms with Crippen molar-refractivity contribution in [2.45, 2.75) is 63.4 Å². The standard InChI is InChI=1S/C17H24F3N3O2/c1-12(2)25-10-16-5-3-7-23(16)13(4-6-16)9-24-15-8-14(17(18,19)20)21-11-22-15/h8,11-13H,3-7,9-10H2,1-2H3/t13-,16-/m0/s1. The number of alkyl halides is 3. The molecule has 2 aliphatic rings. The summed E-state index contributed by atoms with van der Waals surface area (Å²) in [4.78, 5) is 9.47. The Morgan fingerprint density at radius 2 is 2.12 bits per heavy atom. The molecule has 0 radical (unpaired) electrons. The average Bonchev–Trinajstić information content (AvgIpc) is 3.10. The zero-order valence-corrected chi connectivity index (χ0v) is 14.6. The molecule has 0 saturated carbocycles. The first kappa shape index (κ1) is 18.4. The molecule has 0 bridgehead atoms. The SMILES string of the molecule is CC(C)OC[C@@]12CCCN1[C@H](COc1cc(C(F)(F)F)ncn1)CC2. The number of ether oxygens (including phenoxy) is 2. The number of fused-ring (bicyclic) bond motifs is 1. The van der Waals surface area contributed by atoms with Gasteiger partial charge in [0.2, 0.25) is 5.88 Å². The maximum absolute atomic E-state index is 12.7. The van der Waals surface area contributed by atoms with Gasteiger partial charge in [-0.1, -0.05) is 0 Å². The number of halogens is 3. The highest BCUT2D eigenvalue weighted by molar-refractivity contribution is 5.16. The molecule has 0 aromatic carbocycles. The topological polar surface area (TPSA) is 47.5 Å². The van der Waals surface area contributed by atoms with E-state index in [4.69, 9.17) is 9.47 Å². The van der Waals surface area contributed by atoms with Gasteiger partial charge in [0.25, 0.3) is 0 Å². The molecule has 25 heavy (non-hydrogen) atoms. The normalized spacial score (nSPS) is 27.0. The fourth-order valence-electron chi connectivity index (χ4n) is 3.87. The summed E-state index contributed by atoms with van der Waals surface area (Å²) in [7, 11) is 0. The molecule has 1 aromatic heterocycles. The van der Waals surface area contributed by atoms with Gasteiger partial charge in [0.1, 0.15) is 12.9 Å². The molecule has 3 rings (SSSR count). The highest BCUT2D eigenvalue weighted by Gasteiger charge is 2.49. The quantitative estimate of drug-likeness (QED) is 0.780. The molecule has 0 spiro atoms. The highest BCUT2D eigenvalue weighted by atomic mass is 19.4. The van der Waals surface area contributed by atoms with Crippen molar-refractivity contribution in [3.8, 4) is 5.88 Å². The minimum atomic E-state index is -4.49. The van der Waals surface area contributed by atoms with Crippen LogP contribution in [0.1, 0.15) is 45.2 Å². The van der Waals surface area contributed by atoms with E-state index >= 15 is 0 Å². The molecule has 0 N–H and O–H groups in total. The molecule has 0 aliphatic carbocycles. The van der Waals surface area contributed by atoms with Crippen LogP contribution in [0.15, 0.2) is 12.4 Å². The summed E-state index contributed by atoms with van der Waals surface area (Å²) in [6.45, 7) is 6.06. The van der Waals surface area contributed by atoms with E-state index in [0.29, 0.717) is 13.2 Å². The fraction of sp³-hybridized carbons (Fsp3) is 0.765. The van der Waals surface area contributed by atoms with Crippen LogP contribution in [0, 0.1) is 0 Å². The predicted octanol–water partition coefficient (Wildman–Crippen LogP) is 3.30. The minimum absolute atomic E-state index is 0.0301. The van der Waals surface area contributed by atoms with E-state index in [9.17, 15) is 13.2 Å². The van der Waals surface area contributed by atoms with Gasteiger partial charge in [0.15, 0.2) is 5.69 Å². The molecule has 140 valence electrons. The zero-order chi connectivity index (χ0) is 18.1. The van der Waals surface area contributed by atoms with Gasteiger partial charge in [-0.25, -0.2) is 9.97 Å². The van der Waals surface area contributed by atoms with Crippen molar-refractivity contribution in [2.24, 2.45) is 0 Å². The minimum Gasteiger partial charge on any atom is -0.476 e. The van der Waals surface area contributed by atoms with Crippen LogP contribution < -0.4 is 4.74 Å². The first-order valence-electron chi connectivity index (χ1n) is 8.70. The average molecular weight is 359 g/mol. The second-order valence-corrected chi connectivity index (χ2v) is 7.12. The van der Waals surface area contributed by atoms with Crippen molar-refractivity contribution in [2.75, 3.05) is 19.8 Å². The summed E-state index contributed by atoms with van der Waals surface area (Å²) in [5.41, 5.74) is -0.925. The molecule has 0 unspecified atom stereocenters. The van der Waals surface area contributed by atoms with Crippen LogP contribution in [-0.2, 0) is 10.9 Å². The van der Waals surface area contributed by atoms with Crippen molar-refractivity contribution in [1.29, 1.82) is 0 Å². The first-order chi connectivity index (χ1) is 11.8. The van der Waals surface area contributed by atoms with E-state index in [0.717, 1.165) is 44.6 Å². The van der Waals surface area contributed by atoms with E-state index in [1.807, 2.05) is 13.8 Å². The molecule has 2 saturated heterocycles. The first-order valence-corrected chi connectivity index (χ1v) is 8.70. The lowest BCUT2D eigenvalue weighted by Crippen LogP contribution is -2.47. The predicted molar refractivity (Wildman–Crippen MR) is 85.3 cm³/mol. The van der Waals surface area contributed by atoms with Crippen LogP contribution in [0.4, 0.5) is 13.2 Å². The van der Waals surface area contributed by atoms with Gasteiger partial charge in [-0.15, -0.1) is 0 Å². The molecule has 1 aromatic rings. The Morgan fingerprint density at radius 3 is 2.84 bits per heavy atom. The molecule has 8 heteroatoms. The second kappa shape index (κ2) is 7.07. The molecule has 2 fully saturated rings. The van der Waals surface area contributed by atoms with E-state index < -0.39 is 11.9 Å². The van der Waals surface area contributed by atoms with Crippen molar-refractivity contribution in [1.82, 2.24) is 14.9 Å². The van der Waals surface area contributed by atoms with E-state index in [1.54, 1.807) is 0 Å². The van der Waals surface area contributed by atoms with Gasteiger partial charge in [0, 0.05) is 17.6 Å². The Kier molecular flexibility index (Phi) is 5.20. The van der Waals surface area contributed by atoms with Gasteiger partial charge in [-0.05, 0) is 46.1 Å². The Labute approximate surface area is 145 Å². The van der Waals surface area contributed by atoms with E-state index in [1.165, 1.54) is 0 Å². The van der Waals surface area contributed by atoms with Crippen LogP contribution >= 0.6 is 0 Å². The van der Waals surface area contributed by atoms with Gasteiger partial charge in [-0.2, -0.15) is 13.2 Å². The largest absolute Gasteiger partial charge is 0.476 e. The summed E-state index contributed by atoms with van der Waals surface area (Å²) in [5, 5.41) is 0. The van der Waals surface area contributed by atoms with Crippen LogP contribution in [0.5, 0.6) is 5.88 Å². The Bertz CT molecular complexity index is 597. The molecular formula is C17H24F3N3O2. The maximum atomic E-state index is 12.7. The molecule has 0 amide bonds. The zero-order valence-electron chi connectivity index (χ0n) is 14.6. The lowest BCUT2D eigenvalue weighted by Gasteiger charge is -2.35. The van der Waals surface area contributed by atoms with Crippen LogP contribution in [0.3, 0.4) is 0 Å². The second-order valence-electron chi connectivity index (χ2n) is 7.12. The summed E-state index contributed by atoms with van der Waals surface area (Å²) < 4.78 is 49.6. The summed E-state index contributed by atoms with van der Waals surface area (Å²) in [5.74, 6) is -0.0301. The molecule has 2 aliphatic heterocycles. The molecular weight excluding hydrogens is 335 g/mol. The Balaban J connectivity index is 1.61. The van der Waals surface area contributed by atoms with Crippen LogP contribution in [0.25, 0.3) is 0 Å². The van der Waals surface area contributed by atoms with Crippen LogP contribution in [0.2, 0.25) is 0 Å². The molecule has 3 heterocycles. The van der Waals surface area contributed by atoms with Gasteiger partial charge < -0.3 is 9.47 Å². The van der Waals surface area contributed by atoms with Gasteiger partial charge in [0.05, 0.1) is 12.7 Å². The van der Waals surface area contributed by atoms with Gasteiger partial charge >= 0.3 is 6.18 Å². The fourth-order valence-corrected chi connectivity index (χ4v) is 3.87. The smallest absolute Gasteiger partial charge is 0.433 e. The number of nitrogens with zero attached hydrogens (tertiary/aromatic N) is 3. The molecule has 2 atom stereocenters. The number of aromatic nitrogens is 2. The Hall–Kier alpha value is -1.41. The lowest BCUT2D eigenvalue weighted by molar-refractivity contribution is -0.141. The third-order valence-corrected chi connectivity index (χ3v) is 5.08. The van der Waals surface area contributed by atoms with Gasteiger partial charge in [-0.3, -0.25) is 4.90 Å². The van der Waals surface area contributed by atoms with Crippen molar-refractivity contribution in [3.63, 3.8) is 0 Å². The monoisotopic (exact) mass is 359 g/mol. The third kappa shape index (κ3) is 4.06. The van der Waals surface area contributed by atoms with Crippen LogP contribution in [-0.4, -0.2) is 52.3 Å². The van der Waals surface area contributed by atoms with Crippen molar-refractivity contribution < 1.29 is 22.6 Å². The number of rotatable bonds is 6. The Morgan fingerprint density at radius 1 is 1.32 bits per heavy atom. The maximum Gasteiger partial charge on any atom is 0.433 e. The highest BCUT2D eigenvalue weighted by Crippen LogP contribution is 2.42. The summed E-state index contributed by atoms with van der Waals surface area (Å²) in [6.07, 6.45) is 0.792. The number of hydrogen-bond donors (Lipinski definition) is 0. The van der Waals surface area contributed by atoms with Crippen molar-refractivity contribution >= 4 is 0 Å². The van der Waals surface area contributed by atoms with E-state index in [2.05, 4.69) is 14.9 Å². The van der Waals surface area contributed by atoms with E-state index in [-0.39, 0.29) is 23.6 Å². The lowest BCUT2D eigenvalue weighted by atomic mass is 9.95. The summed E-state index contributed by atoms with van der Waals surface area (Å²) in [6, 6.07) is 1.04. The molecule has 5 nitrogen and oxygen atoms in total. The number of hydrogen-bond acceptors (Lipinski definition) is 5.